The first-order valence-corrected chi connectivity index (χ1v) is 8.27. The summed E-state index contributed by atoms with van der Waals surface area (Å²) in [6, 6.07) is -2.05. The highest BCUT2D eigenvalue weighted by Gasteiger charge is 2.30. The topological polar surface area (TPSA) is 187 Å². The lowest BCUT2D eigenvalue weighted by Crippen LogP contribution is -2.52. The highest BCUT2D eigenvalue weighted by atomic mass is 16.5. The molecule has 2 amide bonds. The van der Waals surface area contributed by atoms with Crippen molar-refractivity contribution in [3.05, 3.63) is 0 Å². The third-order valence-corrected chi connectivity index (χ3v) is 3.25. The Morgan fingerprint density at radius 2 is 1.92 bits per heavy atom. The minimum absolute atomic E-state index is 0.149. The largest absolute Gasteiger partial charge is 0.378 e. The summed E-state index contributed by atoms with van der Waals surface area (Å²) in [7, 11) is 0. The quantitative estimate of drug-likeness (QED) is 0.124. The Morgan fingerprint density at radius 1 is 1.27 bits per heavy atom. The summed E-state index contributed by atoms with van der Waals surface area (Å²) < 4.78 is 10.2. The van der Waals surface area contributed by atoms with Gasteiger partial charge in [-0.15, -0.1) is 0 Å². The fourth-order valence-corrected chi connectivity index (χ4v) is 1.96. The molecule has 0 aromatic carbocycles. The van der Waals surface area contributed by atoms with Crippen LogP contribution in [0, 0.1) is 5.41 Å². The number of carbonyl (C=O) groups excluding carboxylic acids is 3. The summed E-state index contributed by atoms with van der Waals surface area (Å²) in [5.41, 5.74) is 16.2. The van der Waals surface area contributed by atoms with Gasteiger partial charge in [-0.25, -0.2) is 0 Å². The van der Waals surface area contributed by atoms with Gasteiger partial charge in [0, 0.05) is 13.1 Å². The number of amides is 2. The van der Waals surface area contributed by atoms with Gasteiger partial charge in [0.15, 0.2) is 5.96 Å². The number of nitrogens with one attached hydrogen (secondary N) is 2. The molecule has 2 atom stereocenters. The van der Waals surface area contributed by atoms with Crippen molar-refractivity contribution in [1.82, 2.24) is 10.2 Å². The number of hydrogen-bond donors (Lipinski definition) is 5. The molecule has 0 spiro atoms. The van der Waals surface area contributed by atoms with E-state index in [0.29, 0.717) is 26.1 Å². The number of rotatable bonds is 14. The van der Waals surface area contributed by atoms with Crippen LogP contribution in [0.5, 0.6) is 0 Å². The van der Waals surface area contributed by atoms with Gasteiger partial charge in [0.05, 0.1) is 25.9 Å². The van der Waals surface area contributed by atoms with Crippen LogP contribution in [0.1, 0.15) is 19.8 Å². The SMILES string of the molecule is C[C@H]([C]=O)N(C(=O)COCCOCCN)C(=O)[C@@H](N)CCCNC(=N)N. The van der Waals surface area contributed by atoms with Gasteiger partial charge >= 0.3 is 0 Å². The van der Waals surface area contributed by atoms with Crippen LogP contribution >= 0.6 is 0 Å². The molecule has 8 N–H and O–H groups in total. The number of hydrogen-bond acceptors (Lipinski definition) is 8. The number of imide groups is 1. The maximum absolute atomic E-state index is 12.4. The molecule has 0 saturated carbocycles. The van der Waals surface area contributed by atoms with Gasteiger partial charge in [0.25, 0.3) is 5.91 Å². The smallest absolute Gasteiger partial charge is 0.255 e. The lowest BCUT2D eigenvalue weighted by atomic mass is 10.1. The molecule has 26 heavy (non-hydrogen) atoms. The number of guanidine groups is 1. The Kier molecular flexibility index (Phi) is 13.0. The fourth-order valence-electron chi connectivity index (χ4n) is 1.96. The van der Waals surface area contributed by atoms with E-state index in [2.05, 4.69) is 5.32 Å². The first-order valence-electron chi connectivity index (χ1n) is 8.27. The van der Waals surface area contributed by atoms with Crippen molar-refractivity contribution in [1.29, 1.82) is 5.41 Å². The summed E-state index contributed by atoms with van der Waals surface area (Å²) in [6.07, 6.45) is 2.32. The van der Waals surface area contributed by atoms with E-state index >= 15 is 0 Å². The van der Waals surface area contributed by atoms with Crippen molar-refractivity contribution >= 4 is 24.1 Å². The van der Waals surface area contributed by atoms with Gasteiger partial charge in [-0.1, -0.05) is 0 Å². The molecule has 0 unspecified atom stereocenters. The average molecular weight is 373 g/mol. The molecule has 11 heteroatoms. The molecule has 0 aliphatic heterocycles. The van der Waals surface area contributed by atoms with Crippen molar-refractivity contribution in [3.63, 3.8) is 0 Å². The van der Waals surface area contributed by atoms with E-state index in [4.69, 9.17) is 32.1 Å². The highest BCUT2D eigenvalue weighted by Crippen LogP contribution is 2.06. The molecule has 0 rings (SSSR count). The minimum atomic E-state index is -1.08. The van der Waals surface area contributed by atoms with Crippen LogP contribution in [0.15, 0.2) is 0 Å². The lowest BCUT2D eigenvalue weighted by molar-refractivity contribution is -0.150. The fraction of sp³-hybridized carbons (Fsp3) is 0.733. The number of carbonyl (C=O) groups is 2. The lowest BCUT2D eigenvalue weighted by Gasteiger charge is -2.26. The Bertz CT molecular complexity index is 462. The summed E-state index contributed by atoms with van der Waals surface area (Å²) in [6.45, 7) is 2.53. The first kappa shape index (κ1) is 23.9. The second kappa shape index (κ2) is 14.1. The number of nitrogens with zero attached hydrogens (tertiary/aromatic N) is 1. The molecule has 0 aliphatic carbocycles. The van der Waals surface area contributed by atoms with Crippen LogP contribution in [0.2, 0.25) is 0 Å². The zero-order valence-electron chi connectivity index (χ0n) is 15.0. The third-order valence-electron chi connectivity index (χ3n) is 3.25. The number of ether oxygens (including phenoxy) is 2. The molecule has 0 aromatic rings. The zero-order chi connectivity index (χ0) is 19.9. The van der Waals surface area contributed by atoms with E-state index in [0.717, 1.165) is 4.90 Å². The molecular weight excluding hydrogens is 344 g/mol. The minimum Gasteiger partial charge on any atom is -0.378 e. The molecule has 0 bridgehead atoms. The van der Waals surface area contributed by atoms with E-state index in [1.807, 2.05) is 0 Å². The third kappa shape index (κ3) is 10.0. The molecular formula is C15H29N6O5. The number of nitrogens with two attached hydrogens (primary N) is 3. The molecule has 0 aromatic heterocycles. The second-order valence-corrected chi connectivity index (χ2v) is 5.44. The van der Waals surface area contributed by atoms with E-state index in [9.17, 15) is 14.4 Å². The second-order valence-electron chi connectivity index (χ2n) is 5.44. The van der Waals surface area contributed by atoms with Crippen LogP contribution in [0.4, 0.5) is 0 Å². The van der Waals surface area contributed by atoms with Crippen LogP contribution < -0.4 is 22.5 Å². The predicted molar refractivity (Wildman–Crippen MR) is 94.8 cm³/mol. The monoisotopic (exact) mass is 373 g/mol. The average Bonchev–Trinajstić information content (AvgIpc) is 2.61. The van der Waals surface area contributed by atoms with Gasteiger partial charge in [-0.3, -0.25) is 24.7 Å². The maximum Gasteiger partial charge on any atom is 0.255 e. The summed E-state index contributed by atoms with van der Waals surface area (Å²) in [4.78, 5) is 36.3. The summed E-state index contributed by atoms with van der Waals surface area (Å²) in [5.74, 6) is -1.54. The summed E-state index contributed by atoms with van der Waals surface area (Å²) in [5, 5.41) is 9.62. The maximum atomic E-state index is 12.4. The standard InChI is InChI=1S/C15H29N6O5/c1-11(9-22)21(13(23)10-26-8-7-25-6-4-16)14(24)12(17)3-2-5-20-15(18)19/h11-12H,2-8,10,16-17H2,1H3,(H4,18,19,20)/t11-,12+/m1/s1. The molecule has 0 fully saturated rings. The van der Waals surface area contributed by atoms with Crippen molar-refractivity contribution in [2.75, 3.05) is 39.5 Å². The summed E-state index contributed by atoms with van der Waals surface area (Å²) >= 11 is 0. The van der Waals surface area contributed by atoms with Gasteiger partial charge in [-0.2, -0.15) is 0 Å². The first-order chi connectivity index (χ1) is 12.3. The molecule has 0 heterocycles. The molecule has 11 nitrogen and oxygen atoms in total. The van der Waals surface area contributed by atoms with Crippen LogP contribution in [-0.4, -0.2) is 80.6 Å². The van der Waals surface area contributed by atoms with Crippen LogP contribution in [-0.2, 0) is 23.9 Å². The molecule has 149 valence electrons. The molecule has 0 saturated heterocycles. The van der Waals surface area contributed by atoms with Crippen LogP contribution in [0.3, 0.4) is 0 Å². The zero-order valence-corrected chi connectivity index (χ0v) is 15.0. The Balaban J connectivity index is 4.51. The molecule has 1 radical (unpaired) electrons. The molecule has 0 aliphatic rings. The van der Waals surface area contributed by atoms with Crippen LogP contribution in [0.25, 0.3) is 0 Å². The Labute approximate surface area is 153 Å². The predicted octanol–water partition coefficient (Wildman–Crippen LogP) is -2.58. The Morgan fingerprint density at radius 3 is 2.50 bits per heavy atom. The Hall–Kier alpha value is -2.08. The van der Waals surface area contributed by atoms with Crippen molar-refractivity contribution in [3.8, 4) is 0 Å². The highest BCUT2D eigenvalue weighted by molar-refractivity contribution is 6.00. The normalized spacial score (nSPS) is 12.9. The van der Waals surface area contributed by atoms with E-state index in [1.54, 1.807) is 6.29 Å². The van der Waals surface area contributed by atoms with E-state index in [1.165, 1.54) is 6.92 Å². The van der Waals surface area contributed by atoms with Crippen molar-refractivity contribution in [2.45, 2.75) is 31.8 Å². The van der Waals surface area contributed by atoms with Gasteiger partial charge < -0.3 is 32.0 Å². The van der Waals surface area contributed by atoms with Gasteiger partial charge in [-0.05, 0) is 19.8 Å². The van der Waals surface area contributed by atoms with Crippen molar-refractivity contribution < 1.29 is 23.9 Å². The van der Waals surface area contributed by atoms with Crippen molar-refractivity contribution in [2.24, 2.45) is 17.2 Å². The van der Waals surface area contributed by atoms with E-state index in [-0.39, 0.29) is 32.2 Å². The van der Waals surface area contributed by atoms with E-state index < -0.39 is 23.9 Å². The van der Waals surface area contributed by atoms with Gasteiger partial charge in [0.2, 0.25) is 12.2 Å². The van der Waals surface area contributed by atoms with Gasteiger partial charge in [0.1, 0.15) is 12.6 Å².